The van der Waals surface area contributed by atoms with Crippen molar-refractivity contribution in [2.75, 3.05) is 11.5 Å². The van der Waals surface area contributed by atoms with Crippen LogP contribution in [-0.2, 0) is 19.1 Å². The van der Waals surface area contributed by atoms with Crippen LogP contribution in [0.1, 0.15) is 39.8 Å². The summed E-state index contributed by atoms with van der Waals surface area (Å²) < 4.78 is 25.6. The molecule has 27 heavy (non-hydrogen) atoms. The number of hydrogen-bond acceptors (Lipinski definition) is 8. The second-order valence-corrected chi connectivity index (χ2v) is 8.49. The quantitative estimate of drug-likeness (QED) is 0.501. The molecule has 1 fully saturated rings. The minimum Gasteiger partial charge on any atom is -0.451 e. The fourth-order valence-electron chi connectivity index (χ4n) is 2.56. The van der Waals surface area contributed by atoms with Crippen LogP contribution in [0, 0.1) is 5.82 Å². The lowest BCUT2D eigenvalue weighted by Crippen LogP contribution is -2.38. The van der Waals surface area contributed by atoms with Crippen LogP contribution in [0.3, 0.4) is 0 Å². The third kappa shape index (κ3) is 5.08. The minimum atomic E-state index is -1.21. The summed E-state index contributed by atoms with van der Waals surface area (Å²) in [7, 11) is 0. The van der Waals surface area contributed by atoms with E-state index >= 15 is 0 Å². The number of alkyl halides is 1. The van der Waals surface area contributed by atoms with Crippen molar-refractivity contribution in [2.24, 2.45) is 0 Å². The Kier molecular flexibility index (Phi) is 7.03. The van der Waals surface area contributed by atoms with Crippen molar-refractivity contribution in [3.05, 3.63) is 22.5 Å². The van der Waals surface area contributed by atoms with Crippen LogP contribution in [0.2, 0.25) is 0 Å². The van der Waals surface area contributed by atoms with Gasteiger partial charge in [-0.25, -0.2) is 9.18 Å². The molecule has 0 spiro atoms. The first-order valence-electron chi connectivity index (χ1n) is 8.28. The maximum Gasteiger partial charge on any atom is 0.351 e. The number of hydrogen-bond donors (Lipinski definition) is 1. The van der Waals surface area contributed by atoms with Crippen LogP contribution in [0.15, 0.2) is 11.0 Å². The molecule has 2 rings (SSSR count). The van der Waals surface area contributed by atoms with Crippen molar-refractivity contribution in [3.63, 3.8) is 0 Å². The molecule has 4 unspecified atom stereocenters. The smallest absolute Gasteiger partial charge is 0.351 e. The van der Waals surface area contributed by atoms with Crippen molar-refractivity contribution in [3.8, 4) is 0 Å². The second-order valence-electron chi connectivity index (χ2n) is 6.32. The van der Waals surface area contributed by atoms with Gasteiger partial charge in [0, 0.05) is 23.9 Å². The number of esters is 1. The Hall–Kier alpha value is -1.46. The van der Waals surface area contributed by atoms with Gasteiger partial charge in [-0.15, -0.1) is 0 Å². The number of carbonyl (C=O) groups excluding carboxylic acids is 2. The van der Waals surface area contributed by atoms with E-state index in [0.29, 0.717) is 12.8 Å². The van der Waals surface area contributed by atoms with Crippen LogP contribution in [0.5, 0.6) is 0 Å². The molecule has 2 N–H and O–H groups in total. The Morgan fingerprint density at radius 1 is 1.59 bits per heavy atom. The number of ether oxygens (including phenoxy) is 2. The van der Waals surface area contributed by atoms with Gasteiger partial charge < -0.3 is 15.2 Å². The molecule has 1 aliphatic heterocycles. The Labute approximate surface area is 168 Å². The average Bonchev–Trinajstić information content (AvgIpc) is 2.95. The molecule has 0 amide bonds. The summed E-state index contributed by atoms with van der Waals surface area (Å²) in [5.41, 5.74) is 3.36. The fourth-order valence-corrected chi connectivity index (χ4v) is 4.56. The number of halogens is 2. The van der Waals surface area contributed by atoms with Crippen molar-refractivity contribution in [2.45, 2.75) is 56.4 Å². The zero-order valence-corrected chi connectivity index (χ0v) is 17.5. The standard InChI is InChI=1S/C16H21BrFN3O5S/c1-4-16(3,26-8(2)22)14(23)27-7-11-9(17)5-12(25-11)21-6-10(18)13(19)20-15(21)24/h6,9,11-12H,4-5,7H2,1-3H3,(H2,19,20,24). The van der Waals surface area contributed by atoms with E-state index in [9.17, 15) is 18.8 Å². The molecule has 1 aromatic rings. The van der Waals surface area contributed by atoms with Crippen LogP contribution < -0.4 is 11.4 Å². The summed E-state index contributed by atoms with van der Waals surface area (Å²) in [6, 6.07) is 0. The summed E-state index contributed by atoms with van der Waals surface area (Å²) in [5.74, 6) is -1.52. The van der Waals surface area contributed by atoms with Gasteiger partial charge in [-0.1, -0.05) is 34.6 Å². The molecule has 0 saturated carbocycles. The first-order chi connectivity index (χ1) is 12.6. The maximum atomic E-state index is 13.6. The summed E-state index contributed by atoms with van der Waals surface area (Å²) in [6.07, 6.45) is 0.561. The molecule has 0 aliphatic carbocycles. The highest BCUT2D eigenvalue weighted by atomic mass is 79.9. The summed E-state index contributed by atoms with van der Waals surface area (Å²) >= 11 is 4.46. The van der Waals surface area contributed by atoms with Crippen molar-refractivity contribution in [1.29, 1.82) is 0 Å². The molecule has 2 heterocycles. The number of aromatic nitrogens is 2. The normalized spacial score (nSPS) is 24.4. The molecule has 8 nitrogen and oxygen atoms in total. The molecular formula is C16H21BrFN3O5S. The van der Waals surface area contributed by atoms with Gasteiger partial charge in [0.2, 0.25) is 5.12 Å². The Morgan fingerprint density at radius 2 is 2.26 bits per heavy atom. The van der Waals surface area contributed by atoms with E-state index in [0.717, 1.165) is 22.5 Å². The molecule has 1 aliphatic rings. The van der Waals surface area contributed by atoms with Crippen LogP contribution in [0.25, 0.3) is 0 Å². The van der Waals surface area contributed by atoms with Crippen molar-refractivity contribution < 1.29 is 23.5 Å². The molecule has 4 atom stereocenters. The third-order valence-corrected chi connectivity index (χ3v) is 6.41. The molecular weight excluding hydrogens is 445 g/mol. The number of rotatable bonds is 6. The lowest BCUT2D eigenvalue weighted by atomic mass is 10.1. The summed E-state index contributed by atoms with van der Waals surface area (Å²) in [4.78, 5) is 38.9. The number of thioether (sulfide) groups is 1. The van der Waals surface area contributed by atoms with Gasteiger partial charge in [0.1, 0.15) is 6.23 Å². The van der Waals surface area contributed by atoms with Crippen LogP contribution in [0.4, 0.5) is 10.2 Å². The Bertz CT molecular complexity index is 792. The second kappa shape index (κ2) is 8.70. The van der Waals surface area contributed by atoms with Gasteiger partial charge >= 0.3 is 11.7 Å². The molecule has 1 aromatic heterocycles. The Morgan fingerprint density at radius 3 is 2.85 bits per heavy atom. The van der Waals surface area contributed by atoms with Gasteiger partial charge in [-0.2, -0.15) is 4.98 Å². The monoisotopic (exact) mass is 465 g/mol. The zero-order valence-electron chi connectivity index (χ0n) is 15.1. The zero-order chi connectivity index (χ0) is 20.4. The van der Waals surface area contributed by atoms with E-state index in [1.807, 2.05) is 0 Å². The van der Waals surface area contributed by atoms with Crippen molar-refractivity contribution >= 4 is 44.6 Å². The molecule has 1 saturated heterocycles. The fraction of sp³-hybridized carbons (Fsp3) is 0.625. The summed E-state index contributed by atoms with van der Waals surface area (Å²) in [6.45, 7) is 4.57. The molecule has 0 aromatic carbocycles. The topological polar surface area (TPSA) is 114 Å². The van der Waals surface area contributed by atoms with E-state index in [4.69, 9.17) is 15.2 Å². The van der Waals surface area contributed by atoms with Gasteiger partial charge in [0.15, 0.2) is 17.2 Å². The number of nitrogens with zero attached hydrogens (tertiary/aromatic N) is 2. The first-order valence-corrected chi connectivity index (χ1v) is 10.2. The van der Waals surface area contributed by atoms with Crippen LogP contribution in [-0.4, -0.2) is 42.9 Å². The number of nitrogen functional groups attached to an aromatic ring is 1. The highest BCUT2D eigenvalue weighted by Crippen LogP contribution is 2.35. The number of anilines is 1. The van der Waals surface area contributed by atoms with E-state index in [1.54, 1.807) is 13.8 Å². The average molecular weight is 466 g/mol. The first kappa shape index (κ1) is 21.8. The minimum absolute atomic E-state index is 0.156. The molecule has 0 radical (unpaired) electrons. The maximum absolute atomic E-state index is 13.6. The van der Waals surface area contributed by atoms with E-state index in [2.05, 4.69) is 20.9 Å². The predicted octanol–water partition coefficient (Wildman–Crippen LogP) is 2.01. The SMILES string of the molecule is CCC(C)(OC(C)=O)C(=O)SCC1OC(n2cc(F)c(N)nc2=O)CC1Br. The Balaban J connectivity index is 2.03. The molecule has 0 bridgehead atoms. The van der Waals surface area contributed by atoms with E-state index in [-0.39, 0.29) is 15.7 Å². The van der Waals surface area contributed by atoms with Crippen molar-refractivity contribution in [1.82, 2.24) is 9.55 Å². The molecule has 11 heteroatoms. The lowest BCUT2D eigenvalue weighted by Gasteiger charge is -2.26. The predicted molar refractivity (Wildman–Crippen MR) is 102 cm³/mol. The molecule has 150 valence electrons. The summed E-state index contributed by atoms with van der Waals surface area (Å²) in [5, 5.41) is -0.288. The lowest BCUT2D eigenvalue weighted by molar-refractivity contribution is -0.160. The third-order valence-electron chi connectivity index (χ3n) is 4.26. The van der Waals surface area contributed by atoms with Gasteiger partial charge in [-0.3, -0.25) is 14.2 Å². The van der Waals surface area contributed by atoms with E-state index in [1.165, 1.54) is 6.92 Å². The van der Waals surface area contributed by atoms with Gasteiger partial charge in [0.05, 0.1) is 12.3 Å². The largest absolute Gasteiger partial charge is 0.451 e. The highest BCUT2D eigenvalue weighted by Gasteiger charge is 2.39. The number of nitrogens with two attached hydrogens (primary N) is 1. The highest BCUT2D eigenvalue weighted by molar-refractivity contribution is 9.09. The van der Waals surface area contributed by atoms with Gasteiger partial charge in [-0.05, 0) is 13.3 Å². The van der Waals surface area contributed by atoms with E-state index < -0.39 is 41.2 Å². The van der Waals surface area contributed by atoms with Gasteiger partial charge in [0.25, 0.3) is 0 Å². The van der Waals surface area contributed by atoms with Crippen LogP contribution >= 0.6 is 27.7 Å². The number of carbonyl (C=O) groups is 2.